The summed E-state index contributed by atoms with van der Waals surface area (Å²) in [5.41, 5.74) is 0.370. The molecule has 2 rings (SSSR count). The van der Waals surface area contributed by atoms with Gasteiger partial charge in [0.1, 0.15) is 0 Å². The van der Waals surface area contributed by atoms with Gasteiger partial charge in [-0.3, -0.25) is 0 Å². The normalized spacial score (nSPS) is 11.7. The van der Waals surface area contributed by atoms with Crippen LogP contribution in [0.5, 0.6) is 0 Å². The van der Waals surface area contributed by atoms with E-state index in [0.29, 0.717) is 10.6 Å². The van der Waals surface area contributed by atoms with Gasteiger partial charge in [0, 0.05) is 15.7 Å². The van der Waals surface area contributed by atoms with Crippen molar-refractivity contribution in [3.8, 4) is 11.5 Å². The molecule has 0 spiro atoms. The molecule has 1 aromatic heterocycles. The zero-order valence-corrected chi connectivity index (χ0v) is 11.0. The van der Waals surface area contributed by atoms with Crippen LogP contribution >= 0.6 is 33.9 Å². The monoisotopic (exact) mass is 312 g/mol. The van der Waals surface area contributed by atoms with Crippen molar-refractivity contribution in [1.29, 1.82) is 0 Å². The number of rotatable bonds is 2. The van der Waals surface area contributed by atoms with E-state index in [1.165, 1.54) is 12.1 Å². The average Bonchev–Trinajstić information content (AvgIpc) is 2.65. The predicted octanol–water partition coefficient (Wildman–Crippen LogP) is 2.97. The molecule has 0 unspecified atom stereocenters. The summed E-state index contributed by atoms with van der Waals surface area (Å²) in [6.07, 6.45) is 0. The Kier molecular flexibility index (Phi) is 3.31. The largest absolute Gasteiger partial charge is 0.407 e. The van der Waals surface area contributed by atoms with E-state index in [4.69, 9.17) is 38.3 Å². The van der Waals surface area contributed by atoms with Crippen LogP contribution in [0.1, 0.15) is 0 Å². The molecule has 0 fully saturated rings. The Hall–Kier alpha value is -0.820. The van der Waals surface area contributed by atoms with Gasteiger partial charge in [-0.2, -0.15) is 0 Å². The molecular weight excluding hydrogens is 311 g/mol. The summed E-state index contributed by atoms with van der Waals surface area (Å²) >= 11 is 11.6. The highest BCUT2D eigenvalue weighted by Gasteiger charge is 2.20. The number of nitrogens with zero attached hydrogens (tertiary/aromatic N) is 2. The fraction of sp³-hybridized carbons (Fsp3) is 0. The highest BCUT2D eigenvalue weighted by molar-refractivity contribution is 8.13. The van der Waals surface area contributed by atoms with Crippen LogP contribution in [0.15, 0.2) is 27.8 Å². The molecular formula is C8H3Cl3N2O3S. The lowest BCUT2D eigenvalue weighted by molar-refractivity contribution is 0.445. The van der Waals surface area contributed by atoms with Crippen LogP contribution in [0.4, 0.5) is 0 Å². The Morgan fingerprint density at radius 2 is 1.88 bits per heavy atom. The van der Waals surface area contributed by atoms with Crippen LogP contribution in [-0.4, -0.2) is 18.6 Å². The minimum Gasteiger partial charge on any atom is -0.407 e. The highest BCUT2D eigenvalue weighted by atomic mass is 35.7. The zero-order valence-electron chi connectivity index (χ0n) is 7.89. The lowest BCUT2D eigenvalue weighted by Crippen LogP contribution is -1.89. The van der Waals surface area contributed by atoms with E-state index in [9.17, 15) is 8.42 Å². The van der Waals surface area contributed by atoms with Gasteiger partial charge in [-0.15, -0.1) is 5.10 Å². The Labute approximate surface area is 111 Å². The van der Waals surface area contributed by atoms with Gasteiger partial charge in [0.15, 0.2) is 0 Å². The molecule has 0 atom stereocenters. The Morgan fingerprint density at radius 1 is 1.18 bits per heavy atom. The second kappa shape index (κ2) is 4.45. The maximum absolute atomic E-state index is 10.9. The van der Waals surface area contributed by atoms with Crippen molar-refractivity contribution < 1.29 is 12.8 Å². The number of halogens is 3. The van der Waals surface area contributed by atoms with Gasteiger partial charge in [-0.1, -0.05) is 28.3 Å². The van der Waals surface area contributed by atoms with Crippen molar-refractivity contribution in [2.45, 2.75) is 5.22 Å². The van der Waals surface area contributed by atoms with E-state index < -0.39 is 14.3 Å². The molecule has 0 saturated carbocycles. The first-order valence-corrected chi connectivity index (χ1v) is 7.18. The number of hydrogen-bond acceptors (Lipinski definition) is 5. The number of benzene rings is 1. The standard InChI is InChI=1S/C8H3Cl3N2O3S/c9-4-1-2-5(6(10)3-4)7-12-13-8(16-7)17(11,14)15/h1-3H. The molecule has 2 aromatic rings. The molecule has 9 heteroatoms. The highest BCUT2D eigenvalue weighted by Crippen LogP contribution is 2.30. The summed E-state index contributed by atoms with van der Waals surface area (Å²) in [5, 5.41) is 6.85. The molecule has 0 saturated heterocycles. The minimum atomic E-state index is -4.05. The second-order valence-electron chi connectivity index (χ2n) is 2.94. The van der Waals surface area contributed by atoms with Gasteiger partial charge in [-0.05, 0) is 18.2 Å². The Bertz CT molecular complexity index is 668. The van der Waals surface area contributed by atoms with Crippen LogP contribution in [-0.2, 0) is 9.05 Å². The van der Waals surface area contributed by atoms with Gasteiger partial charge in [0.2, 0.25) is 5.89 Å². The van der Waals surface area contributed by atoms with Crippen molar-refractivity contribution >= 4 is 42.9 Å². The third-order valence-electron chi connectivity index (χ3n) is 1.78. The Morgan fingerprint density at radius 3 is 2.41 bits per heavy atom. The molecule has 0 radical (unpaired) electrons. The average molecular weight is 314 g/mol. The molecule has 1 heterocycles. The van der Waals surface area contributed by atoms with Crippen LogP contribution in [0.3, 0.4) is 0 Å². The first-order chi connectivity index (χ1) is 7.88. The summed E-state index contributed by atoms with van der Waals surface area (Å²) in [5.74, 6) is -0.0501. The first kappa shape index (κ1) is 12.6. The smallest absolute Gasteiger partial charge is 0.351 e. The maximum Gasteiger partial charge on any atom is 0.351 e. The quantitative estimate of drug-likeness (QED) is 0.797. The van der Waals surface area contributed by atoms with Crippen molar-refractivity contribution in [3.63, 3.8) is 0 Å². The van der Waals surface area contributed by atoms with E-state index >= 15 is 0 Å². The van der Waals surface area contributed by atoms with Crippen LogP contribution in [0.25, 0.3) is 11.5 Å². The fourth-order valence-electron chi connectivity index (χ4n) is 1.08. The van der Waals surface area contributed by atoms with E-state index in [1.807, 2.05) is 0 Å². The summed E-state index contributed by atoms with van der Waals surface area (Å²) in [7, 11) is 0.998. The van der Waals surface area contributed by atoms with Gasteiger partial charge in [0.25, 0.3) is 0 Å². The summed E-state index contributed by atoms with van der Waals surface area (Å²) < 4.78 is 26.7. The maximum atomic E-state index is 10.9. The molecule has 0 bridgehead atoms. The lowest BCUT2D eigenvalue weighted by Gasteiger charge is -1.98. The van der Waals surface area contributed by atoms with Gasteiger partial charge in [-0.25, -0.2) is 8.42 Å². The Balaban J connectivity index is 2.51. The summed E-state index contributed by atoms with van der Waals surface area (Å²) in [6.45, 7) is 0. The second-order valence-corrected chi connectivity index (χ2v) is 6.22. The molecule has 1 aromatic carbocycles. The summed E-state index contributed by atoms with van der Waals surface area (Å²) in [6, 6.07) is 4.56. The van der Waals surface area contributed by atoms with Gasteiger partial charge in [0.05, 0.1) is 10.6 Å². The van der Waals surface area contributed by atoms with Crippen molar-refractivity contribution in [2.24, 2.45) is 0 Å². The molecule has 90 valence electrons. The topological polar surface area (TPSA) is 73.1 Å². The predicted molar refractivity (Wildman–Crippen MR) is 62.8 cm³/mol. The summed E-state index contributed by atoms with van der Waals surface area (Å²) in [4.78, 5) is 0. The van der Waals surface area contributed by atoms with Crippen LogP contribution < -0.4 is 0 Å². The third-order valence-corrected chi connectivity index (χ3v) is 3.30. The SMILES string of the molecule is O=S(=O)(Cl)c1nnc(-c2ccc(Cl)cc2Cl)o1. The van der Waals surface area contributed by atoms with E-state index in [1.54, 1.807) is 6.07 Å². The van der Waals surface area contributed by atoms with Crippen LogP contribution in [0.2, 0.25) is 10.0 Å². The van der Waals surface area contributed by atoms with Crippen molar-refractivity contribution in [2.75, 3.05) is 0 Å². The number of aromatic nitrogens is 2. The van der Waals surface area contributed by atoms with Gasteiger partial charge >= 0.3 is 14.3 Å². The third kappa shape index (κ3) is 2.71. The van der Waals surface area contributed by atoms with Gasteiger partial charge < -0.3 is 4.42 Å². The minimum absolute atomic E-state index is 0.0501. The van der Waals surface area contributed by atoms with Crippen molar-refractivity contribution in [1.82, 2.24) is 10.2 Å². The molecule has 0 aliphatic rings. The van der Waals surface area contributed by atoms with Crippen LogP contribution in [0, 0.1) is 0 Å². The van der Waals surface area contributed by atoms with E-state index in [-0.39, 0.29) is 10.9 Å². The lowest BCUT2D eigenvalue weighted by atomic mass is 10.2. The van der Waals surface area contributed by atoms with E-state index in [2.05, 4.69) is 10.2 Å². The first-order valence-electron chi connectivity index (χ1n) is 4.11. The fourth-order valence-corrected chi connectivity index (χ4v) is 2.07. The molecule has 0 aliphatic carbocycles. The molecule has 0 N–H and O–H groups in total. The number of hydrogen-bond donors (Lipinski definition) is 0. The molecule has 0 amide bonds. The molecule has 17 heavy (non-hydrogen) atoms. The van der Waals surface area contributed by atoms with Crippen molar-refractivity contribution in [3.05, 3.63) is 28.2 Å². The van der Waals surface area contributed by atoms with E-state index in [0.717, 1.165) is 0 Å². The molecule has 0 aliphatic heterocycles. The molecule has 5 nitrogen and oxygen atoms in total. The zero-order chi connectivity index (χ0) is 12.6.